The Morgan fingerprint density at radius 3 is 2.27 bits per heavy atom. The van der Waals surface area contributed by atoms with Crippen LogP contribution in [0, 0.1) is 43.0 Å². The number of anilines is 2. The van der Waals surface area contributed by atoms with Crippen LogP contribution in [0.25, 0.3) is 20.8 Å². The average molecular weight is 641 g/mol. The van der Waals surface area contributed by atoms with Gasteiger partial charge in [0.1, 0.15) is 34.1 Å². The third-order valence-corrected chi connectivity index (χ3v) is 8.80. The highest BCUT2D eigenvalue weighted by atomic mass is 32.1. The molecule has 3 heterocycles. The van der Waals surface area contributed by atoms with Gasteiger partial charge in [0.05, 0.1) is 40.4 Å². The predicted molar refractivity (Wildman–Crippen MR) is 161 cm³/mol. The fourth-order valence-electron chi connectivity index (χ4n) is 5.39. The number of pyridine rings is 1. The quantitative estimate of drug-likeness (QED) is 0.154. The summed E-state index contributed by atoms with van der Waals surface area (Å²) in [5.74, 6) is -4.14. The second kappa shape index (κ2) is 12.5. The SMILES string of the molecule is Cc1nc(NCc2c(F)cccc2F)nc(N[C@@H]2C[C@H](COc3c(F)cccc3F)[C@@H](O)[C@H]2O)c1-c1nc2c(C)nccc2s1. The monoisotopic (exact) mass is 640 g/mol. The molecule has 234 valence electrons. The van der Waals surface area contributed by atoms with E-state index in [4.69, 9.17) is 9.72 Å². The van der Waals surface area contributed by atoms with Gasteiger partial charge in [-0.1, -0.05) is 12.1 Å². The van der Waals surface area contributed by atoms with Crippen molar-refractivity contribution in [2.75, 3.05) is 17.2 Å². The lowest BCUT2D eigenvalue weighted by Gasteiger charge is -2.21. The molecule has 0 unspecified atom stereocenters. The van der Waals surface area contributed by atoms with Crippen LogP contribution < -0.4 is 15.4 Å². The van der Waals surface area contributed by atoms with Crippen molar-refractivity contribution < 1.29 is 32.5 Å². The van der Waals surface area contributed by atoms with Crippen molar-refractivity contribution in [3.63, 3.8) is 0 Å². The van der Waals surface area contributed by atoms with E-state index in [-0.39, 0.29) is 36.9 Å². The van der Waals surface area contributed by atoms with Gasteiger partial charge in [0, 0.05) is 24.2 Å². The molecule has 45 heavy (non-hydrogen) atoms. The lowest BCUT2D eigenvalue weighted by molar-refractivity contribution is 0.00650. The molecule has 4 N–H and O–H groups in total. The average Bonchev–Trinajstić information content (AvgIpc) is 3.54. The highest BCUT2D eigenvalue weighted by Crippen LogP contribution is 2.39. The van der Waals surface area contributed by atoms with Crippen LogP contribution in [-0.2, 0) is 6.54 Å². The van der Waals surface area contributed by atoms with Crippen molar-refractivity contribution in [3.8, 4) is 16.3 Å². The number of para-hydroxylation sites is 1. The van der Waals surface area contributed by atoms with Crippen LogP contribution in [0.4, 0.5) is 29.3 Å². The van der Waals surface area contributed by atoms with Crippen LogP contribution in [-0.4, -0.2) is 55.0 Å². The van der Waals surface area contributed by atoms with E-state index >= 15 is 0 Å². The third kappa shape index (κ3) is 6.13. The molecule has 6 rings (SSSR count). The van der Waals surface area contributed by atoms with Gasteiger partial charge in [-0.15, -0.1) is 11.3 Å². The molecule has 1 aliphatic carbocycles. The topological polar surface area (TPSA) is 125 Å². The molecule has 1 aliphatic rings. The molecular formula is C31H28F4N6O3S. The van der Waals surface area contributed by atoms with Gasteiger partial charge in [-0.05, 0) is 50.6 Å². The van der Waals surface area contributed by atoms with Crippen molar-refractivity contribution in [3.05, 3.63) is 88.9 Å². The van der Waals surface area contributed by atoms with E-state index in [9.17, 15) is 27.8 Å². The van der Waals surface area contributed by atoms with Gasteiger partial charge in [-0.25, -0.2) is 27.5 Å². The molecule has 1 saturated carbocycles. The van der Waals surface area contributed by atoms with Crippen molar-refractivity contribution in [1.82, 2.24) is 19.9 Å². The van der Waals surface area contributed by atoms with Gasteiger partial charge >= 0.3 is 0 Å². The maximum Gasteiger partial charge on any atom is 0.225 e. The van der Waals surface area contributed by atoms with Crippen molar-refractivity contribution in [2.45, 2.75) is 45.1 Å². The third-order valence-electron chi connectivity index (χ3n) is 7.76. The molecule has 9 nitrogen and oxygen atoms in total. The fourth-order valence-corrected chi connectivity index (χ4v) is 6.50. The molecule has 1 fully saturated rings. The largest absolute Gasteiger partial charge is 0.487 e. The van der Waals surface area contributed by atoms with Gasteiger partial charge in [-0.2, -0.15) is 4.98 Å². The molecule has 4 atom stereocenters. The fraction of sp³-hybridized carbons (Fsp3) is 0.290. The first-order valence-corrected chi connectivity index (χ1v) is 14.9. The minimum Gasteiger partial charge on any atom is -0.487 e. The zero-order chi connectivity index (χ0) is 31.8. The van der Waals surface area contributed by atoms with E-state index in [1.165, 1.54) is 23.5 Å². The minimum atomic E-state index is -1.29. The molecule has 3 aromatic heterocycles. The molecule has 2 aromatic carbocycles. The number of hydrogen-bond donors (Lipinski definition) is 4. The molecule has 0 radical (unpaired) electrons. The number of aromatic nitrogens is 4. The first-order chi connectivity index (χ1) is 21.6. The molecule has 0 aliphatic heterocycles. The maximum absolute atomic E-state index is 14.3. The number of aliphatic hydroxyl groups is 2. The molecule has 14 heteroatoms. The zero-order valence-electron chi connectivity index (χ0n) is 24.1. The first-order valence-electron chi connectivity index (χ1n) is 14.1. The van der Waals surface area contributed by atoms with Gasteiger partial charge < -0.3 is 25.6 Å². The second-order valence-electron chi connectivity index (χ2n) is 10.8. The van der Waals surface area contributed by atoms with Crippen LogP contribution in [0.3, 0.4) is 0 Å². The van der Waals surface area contributed by atoms with Crippen molar-refractivity contribution >= 4 is 33.3 Å². The number of nitrogens with zero attached hydrogens (tertiary/aromatic N) is 4. The van der Waals surface area contributed by atoms with E-state index in [1.54, 1.807) is 13.1 Å². The van der Waals surface area contributed by atoms with Crippen molar-refractivity contribution in [2.24, 2.45) is 5.92 Å². The number of hydrogen-bond acceptors (Lipinski definition) is 10. The second-order valence-corrected chi connectivity index (χ2v) is 11.8. The Morgan fingerprint density at radius 1 is 0.889 bits per heavy atom. The van der Waals surface area contributed by atoms with Crippen LogP contribution in [0.15, 0.2) is 48.7 Å². The summed E-state index contributed by atoms with van der Waals surface area (Å²) in [6.45, 7) is 3.08. The molecule has 5 aromatic rings. The van der Waals surface area contributed by atoms with E-state index in [1.807, 2.05) is 13.0 Å². The Morgan fingerprint density at radius 2 is 1.58 bits per heavy atom. The number of halogens is 4. The van der Waals surface area contributed by atoms with E-state index in [0.717, 1.165) is 34.7 Å². The lowest BCUT2D eigenvalue weighted by Crippen LogP contribution is -2.36. The molecule has 0 bridgehead atoms. The Hall–Kier alpha value is -4.40. The number of fused-ring (bicyclic) bond motifs is 1. The summed E-state index contributed by atoms with van der Waals surface area (Å²) in [7, 11) is 0. The van der Waals surface area contributed by atoms with Gasteiger partial charge in [0.25, 0.3) is 0 Å². The van der Waals surface area contributed by atoms with Gasteiger partial charge in [-0.3, -0.25) is 4.98 Å². The summed E-state index contributed by atoms with van der Waals surface area (Å²) in [4.78, 5) is 18.2. The van der Waals surface area contributed by atoms with E-state index in [2.05, 4.69) is 25.6 Å². The highest BCUT2D eigenvalue weighted by Gasteiger charge is 2.42. The molecule has 0 amide bonds. The Kier molecular flexibility index (Phi) is 8.53. The Labute approximate surface area is 259 Å². The van der Waals surface area contributed by atoms with Crippen LogP contribution in [0.1, 0.15) is 23.4 Å². The minimum absolute atomic E-state index is 0.0586. The number of rotatable bonds is 9. The Balaban J connectivity index is 1.31. The normalized spacial score (nSPS) is 19.6. The highest BCUT2D eigenvalue weighted by molar-refractivity contribution is 7.21. The lowest BCUT2D eigenvalue weighted by atomic mass is 10.1. The Bertz CT molecular complexity index is 1830. The van der Waals surface area contributed by atoms with Crippen molar-refractivity contribution in [1.29, 1.82) is 0 Å². The summed E-state index contributed by atoms with van der Waals surface area (Å²) in [5, 5.41) is 28.4. The van der Waals surface area contributed by atoms with Gasteiger partial charge in [0.2, 0.25) is 5.95 Å². The first kappa shape index (κ1) is 30.6. The smallest absolute Gasteiger partial charge is 0.225 e. The number of benzene rings is 2. The number of nitrogens with one attached hydrogen (secondary N) is 2. The maximum atomic E-state index is 14.3. The predicted octanol–water partition coefficient (Wildman–Crippen LogP) is 5.53. The number of aliphatic hydroxyl groups excluding tert-OH is 2. The standard InChI is InChI=1S/C31H28F4N6O3S/c1-14-24(30-40-25-15(2)36-10-9-23(25)45-30)29(41-31(38-14)37-12-17-18(32)5-3-6-19(17)33)39-22-11-16(26(42)27(22)43)13-44-28-20(34)7-4-8-21(28)35/h3-10,16,22,26-27,42-43H,11-13H2,1-2H3,(H2,37,38,39,41)/t16-,22-,26-,27+/m1/s1. The summed E-state index contributed by atoms with van der Waals surface area (Å²) in [6, 6.07) is 7.99. The summed E-state index contributed by atoms with van der Waals surface area (Å²) in [6.07, 6.45) is -0.727. The van der Waals surface area contributed by atoms with Crippen LogP contribution >= 0.6 is 11.3 Å². The number of thiazole rings is 1. The molecular weight excluding hydrogens is 612 g/mol. The number of ether oxygens (including phenoxy) is 1. The summed E-state index contributed by atoms with van der Waals surface area (Å²) >= 11 is 1.39. The zero-order valence-corrected chi connectivity index (χ0v) is 24.9. The van der Waals surface area contributed by atoms with Crippen LogP contribution in [0.2, 0.25) is 0 Å². The summed E-state index contributed by atoms with van der Waals surface area (Å²) in [5.41, 5.74) is 2.25. The summed E-state index contributed by atoms with van der Waals surface area (Å²) < 4.78 is 63.0. The van der Waals surface area contributed by atoms with Crippen LogP contribution in [0.5, 0.6) is 5.75 Å². The number of aryl methyl sites for hydroxylation is 2. The van der Waals surface area contributed by atoms with E-state index < -0.39 is 53.2 Å². The molecule has 0 spiro atoms. The molecule has 0 saturated heterocycles. The van der Waals surface area contributed by atoms with Gasteiger partial charge in [0.15, 0.2) is 17.4 Å². The van der Waals surface area contributed by atoms with E-state index in [0.29, 0.717) is 21.8 Å².